The van der Waals surface area contributed by atoms with Gasteiger partial charge >= 0.3 is 19.5 Å². The van der Waals surface area contributed by atoms with Crippen LogP contribution < -0.4 is 10.2 Å². The molecule has 6 nitrogen and oxygen atoms in total. The van der Waals surface area contributed by atoms with Gasteiger partial charge in [0.2, 0.25) is 0 Å². The van der Waals surface area contributed by atoms with Crippen LogP contribution >= 0.6 is 0 Å². The molecule has 2 fully saturated rings. The van der Waals surface area contributed by atoms with Gasteiger partial charge in [0.1, 0.15) is 11.5 Å². The predicted molar refractivity (Wildman–Crippen MR) is 117 cm³/mol. The van der Waals surface area contributed by atoms with E-state index < -0.39 is 11.9 Å². The summed E-state index contributed by atoms with van der Waals surface area (Å²) in [5.41, 5.74) is 1.34. The number of phenols is 2. The topological polar surface area (TPSA) is 121 Å². The molecule has 0 atom stereocenters. The quantitative estimate of drug-likeness (QED) is 0.615. The molecule has 2 aromatic rings. The molecule has 0 unspecified atom stereocenters. The van der Waals surface area contributed by atoms with Crippen molar-refractivity contribution in [2.45, 2.75) is 76.0 Å². The number of hydrogen-bond donors (Lipinski definition) is 2. The third-order valence-corrected chi connectivity index (χ3v) is 6.66. The van der Waals surface area contributed by atoms with Crippen molar-refractivity contribution in [1.82, 2.24) is 0 Å². The minimum absolute atomic E-state index is 0. The average Bonchev–Trinajstić information content (AvgIpc) is 2.80. The summed E-state index contributed by atoms with van der Waals surface area (Å²) < 4.78 is 0. The van der Waals surface area contributed by atoms with Gasteiger partial charge in [0.25, 0.3) is 0 Å². The minimum atomic E-state index is -1.31. The van der Waals surface area contributed by atoms with Crippen LogP contribution in [0.2, 0.25) is 0 Å². The second kappa shape index (κ2) is 12.7. The molecule has 0 aliphatic heterocycles. The van der Waals surface area contributed by atoms with Crippen molar-refractivity contribution in [3.63, 3.8) is 0 Å². The summed E-state index contributed by atoms with van der Waals surface area (Å²) in [5, 5.41) is 41.4. The van der Waals surface area contributed by atoms with Crippen LogP contribution in [0.1, 0.15) is 108 Å². The maximum absolute atomic E-state index is 10.8. The molecular weight excluding hydrogens is 474 g/mol. The molecule has 2 aliphatic carbocycles. The molecule has 0 radical (unpaired) electrons. The first-order chi connectivity index (χ1) is 15.4. The monoisotopic (exact) mass is 502 g/mol. The van der Waals surface area contributed by atoms with E-state index in [0.717, 1.165) is 62.5 Å². The molecule has 33 heavy (non-hydrogen) atoms. The molecule has 2 aliphatic rings. The fourth-order valence-corrected chi connectivity index (χ4v) is 4.94. The van der Waals surface area contributed by atoms with Gasteiger partial charge in [-0.1, -0.05) is 62.8 Å². The van der Waals surface area contributed by atoms with Crippen molar-refractivity contribution in [3.8, 4) is 11.5 Å². The molecule has 4 rings (SSSR count). The Morgan fingerprint density at radius 2 is 0.970 bits per heavy atom. The Morgan fingerprint density at radius 1 is 0.636 bits per heavy atom. The smallest absolute Gasteiger partial charge is 0.545 e. The van der Waals surface area contributed by atoms with Gasteiger partial charge in [-0.05, 0) is 60.8 Å². The first-order valence-electron chi connectivity index (χ1n) is 11.5. The zero-order valence-electron chi connectivity index (χ0n) is 18.9. The van der Waals surface area contributed by atoms with E-state index in [2.05, 4.69) is 0 Å². The molecule has 2 N–H and O–H groups in total. The van der Waals surface area contributed by atoms with Gasteiger partial charge in [-0.25, -0.2) is 0 Å². The summed E-state index contributed by atoms with van der Waals surface area (Å²) in [6, 6.07) is 9.76. The first-order valence-corrected chi connectivity index (χ1v) is 11.5. The van der Waals surface area contributed by atoms with Crippen molar-refractivity contribution in [3.05, 3.63) is 58.7 Å². The minimum Gasteiger partial charge on any atom is -0.545 e. The largest absolute Gasteiger partial charge is 2.00 e. The molecule has 7 heteroatoms. The Morgan fingerprint density at radius 3 is 1.27 bits per heavy atom. The van der Waals surface area contributed by atoms with E-state index in [9.17, 15) is 30.0 Å². The summed E-state index contributed by atoms with van der Waals surface area (Å²) >= 11 is 0. The second-order valence-electron chi connectivity index (χ2n) is 8.73. The maximum atomic E-state index is 10.8. The van der Waals surface area contributed by atoms with Gasteiger partial charge in [0.05, 0.1) is 11.9 Å². The maximum Gasteiger partial charge on any atom is 2.00 e. The van der Waals surface area contributed by atoms with Crippen LogP contribution in [0.5, 0.6) is 11.5 Å². The van der Waals surface area contributed by atoms with Gasteiger partial charge in [-0.2, -0.15) is 0 Å². The zero-order valence-corrected chi connectivity index (χ0v) is 21.9. The van der Waals surface area contributed by atoms with Gasteiger partial charge in [-0.15, -0.1) is 0 Å². The molecular formula is C26H30O6Zn. The third-order valence-electron chi connectivity index (χ3n) is 6.66. The third kappa shape index (κ3) is 6.80. The van der Waals surface area contributed by atoms with Gasteiger partial charge in [0, 0.05) is 11.1 Å². The van der Waals surface area contributed by atoms with Gasteiger partial charge < -0.3 is 30.0 Å². The number of carboxylic acid groups (broad SMARTS) is 2. The normalized spacial score (nSPS) is 16.7. The zero-order chi connectivity index (χ0) is 23.1. The van der Waals surface area contributed by atoms with Crippen LogP contribution in [-0.4, -0.2) is 22.2 Å². The van der Waals surface area contributed by atoms with Crippen LogP contribution in [0.25, 0.3) is 0 Å². The Hall–Kier alpha value is -2.40. The number of aromatic carboxylic acids is 2. The summed E-state index contributed by atoms with van der Waals surface area (Å²) in [5.74, 6) is -2.23. The fraction of sp³-hybridized carbons (Fsp3) is 0.462. The number of para-hydroxylation sites is 2. The van der Waals surface area contributed by atoms with Crippen LogP contribution in [0.4, 0.5) is 0 Å². The van der Waals surface area contributed by atoms with Crippen LogP contribution in [0.15, 0.2) is 36.4 Å². The molecule has 172 valence electrons. The van der Waals surface area contributed by atoms with Gasteiger partial charge in [0.15, 0.2) is 0 Å². The van der Waals surface area contributed by atoms with E-state index in [1.165, 1.54) is 25.0 Å². The van der Waals surface area contributed by atoms with Crippen LogP contribution in [0.3, 0.4) is 0 Å². The number of carboxylic acids is 2. The molecule has 0 spiro atoms. The van der Waals surface area contributed by atoms with Crippen molar-refractivity contribution in [1.29, 1.82) is 0 Å². The van der Waals surface area contributed by atoms with Crippen molar-refractivity contribution in [2.24, 2.45) is 0 Å². The summed E-state index contributed by atoms with van der Waals surface area (Å²) in [6.45, 7) is 0. The number of aromatic hydroxyl groups is 2. The van der Waals surface area contributed by atoms with E-state index in [0.29, 0.717) is 11.8 Å². The fourth-order valence-electron chi connectivity index (χ4n) is 4.94. The van der Waals surface area contributed by atoms with Crippen molar-refractivity contribution < 1.29 is 49.5 Å². The molecule has 0 bridgehead atoms. The molecule has 0 saturated heterocycles. The summed E-state index contributed by atoms with van der Waals surface area (Å²) in [6.07, 6.45) is 11.2. The van der Waals surface area contributed by atoms with Crippen molar-refractivity contribution in [2.75, 3.05) is 0 Å². The Bertz CT molecular complexity index is 868. The molecule has 0 aromatic heterocycles. The van der Waals surface area contributed by atoms with E-state index in [-0.39, 0.29) is 42.1 Å². The number of hydrogen-bond acceptors (Lipinski definition) is 6. The summed E-state index contributed by atoms with van der Waals surface area (Å²) in [4.78, 5) is 21.6. The average molecular weight is 504 g/mol. The standard InChI is InChI=1S/2C13H16O3.Zn/c2*14-12-10(9-5-2-1-3-6-9)7-4-8-11(12)13(15)16;/h2*4,7-9,14H,1-3,5-6H2,(H,15,16);/q;;+2/p-2. The van der Waals surface area contributed by atoms with Gasteiger partial charge in [-0.3, -0.25) is 0 Å². The Kier molecular flexibility index (Phi) is 10.4. The molecule has 2 aromatic carbocycles. The van der Waals surface area contributed by atoms with E-state index in [1.54, 1.807) is 12.1 Å². The number of benzene rings is 2. The van der Waals surface area contributed by atoms with E-state index >= 15 is 0 Å². The molecule has 2 saturated carbocycles. The van der Waals surface area contributed by atoms with E-state index in [1.807, 2.05) is 12.1 Å². The van der Waals surface area contributed by atoms with Crippen LogP contribution in [-0.2, 0) is 19.5 Å². The first kappa shape index (κ1) is 26.9. The number of rotatable bonds is 4. The number of carbonyl (C=O) groups excluding carboxylic acids is 2. The molecule has 0 amide bonds. The Balaban J connectivity index is 0.000000227. The van der Waals surface area contributed by atoms with E-state index in [4.69, 9.17) is 0 Å². The van der Waals surface area contributed by atoms with Crippen molar-refractivity contribution >= 4 is 11.9 Å². The van der Waals surface area contributed by atoms with Crippen LogP contribution in [0, 0.1) is 0 Å². The number of carbonyl (C=O) groups is 2. The predicted octanol–water partition coefficient (Wildman–Crippen LogP) is 3.60. The molecule has 0 heterocycles. The Labute approximate surface area is 207 Å². The second-order valence-corrected chi connectivity index (χ2v) is 8.73. The summed E-state index contributed by atoms with van der Waals surface area (Å²) in [7, 11) is 0. The SMILES string of the molecule is O=C([O-])c1cccc(C2CCCCC2)c1O.O=C([O-])c1cccc(C2CCCCC2)c1O.[Zn+2].